The average molecular weight is 218 g/mol. The molecule has 0 N–H and O–H groups in total. The summed E-state index contributed by atoms with van der Waals surface area (Å²) in [5.74, 6) is 2.84. The molecule has 0 radical (unpaired) electrons. The van der Waals surface area contributed by atoms with Crippen LogP contribution in [0.2, 0.25) is 0 Å². The molecule has 2 nitrogen and oxygen atoms in total. The van der Waals surface area contributed by atoms with Crippen molar-refractivity contribution in [3.05, 3.63) is 23.9 Å². The Kier molecular flexibility index (Phi) is 3.47. The predicted octanol–water partition coefficient (Wildman–Crippen LogP) is 3.26. The lowest BCUT2D eigenvalue weighted by Gasteiger charge is -2.18. The van der Waals surface area contributed by atoms with Crippen molar-refractivity contribution in [3.8, 4) is 0 Å². The van der Waals surface area contributed by atoms with Crippen molar-refractivity contribution in [3.63, 3.8) is 0 Å². The van der Waals surface area contributed by atoms with Crippen LogP contribution < -0.4 is 4.90 Å². The molecule has 0 spiro atoms. The van der Waals surface area contributed by atoms with E-state index in [1.54, 1.807) is 0 Å². The number of aromatic nitrogens is 1. The van der Waals surface area contributed by atoms with Gasteiger partial charge < -0.3 is 4.90 Å². The van der Waals surface area contributed by atoms with Gasteiger partial charge in [0.1, 0.15) is 5.82 Å². The summed E-state index contributed by atoms with van der Waals surface area (Å²) in [7, 11) is 0. The second kappa shape index (κ2) is 4.86. The standard InChI is InChI=1S/C14H22N2/c1-11(2)9-13-7-8-16(10-13)14-6-4-5-12(3)15-14/h4-6,11,13H,7-10H2,1-3H3. The van der Waals surface area contributed by atoms with E-state index in [0.29, 0.717) is 0 Å². The Hall–Kier alpha value is -1.05. The molecule has 2 rings (SSSR count). The highest BCUT2D eigenvalue weighted by molar-refractivity contribution is 5.40. The van der Waals surface area contributed by atoms with Crippen LogP contribution in [0.3, 0.4) is 0 Å². The first-order chi connectivity index (χ1) is 7.65. The second-order valence-corrected chi connectivity index (χ2v) is 5.37. The van der Waals surface area contributed by atoms with Crippen molar-refractivity contribution in [2.45, 2.75) is 33.6 Å². The monoisotopic (exact) mass is 218 g/mol. The van der Waals surface area contributed by atoms with Gasteiger partial charge in [-0.15, -0.1) is 0 Å². The number of hydrogen-bond acceptors (Lipinski definition) is 2. The van der Waals surface area contributed by atoms with E-state index in [2.05, 4.69) is 48.9 Å². The first kappa shape index (κ1) is 11.4. The predicted molar refractivity (Wildman–Crippen MR) is 68.7 cm³/mol. The third-order valence-corrected chi connectivity index (χ3v) is 3.29. The van der Waals surface area contributed by atoms with Gasteiger partial charge in [-0.05, 0) is 43.7 Å². The smallest absolute Gasteiger partial charge is 0.128 e. The van der Waals surface area contributed by atoms with E-state index in [-0.39, 0.29) is 0 Å². The van der Waals surface area contributed by atoms with Crippen LogP contribution >= 0.6 is 0 Å². The van der Waals surface area contributed by atoms with Gasteiger partial charge in [0.2, 0.25) is 0 Å². The van der Waals surface area contributed by atoms with Gasteiger partial charge in [0.05, 0.1) is 0 Å². The summed E-state index contributed by atoms with van der Waals surface area (Å²) in [6.07, 6.45) is 2.68. The highest BCUT2D eigenvalue weighted by Crippen LogP contribution is 2.26. The SMILES string of the molecule is Cc1cccc(N2CCC(CC(C)C)C2)n1. The lowest BCUT2D eigenvalue weighted by molar-refractivity contribution is 0.441. The normalized spacial score (nSPS) is 20.8. The van der Waals surface area contributed by atoms with Gasteiger partial charge in [-0.2, -0.15) is 0 Å². The molecule has 0 aromatic carbocycles. The van der Waals surface area contributed by atoms with Gasteiger partial charge >= 0.3 is 0 Å². The fraction of sp³-hybridized carbons (Fsp3) is 0.643. The van der Waals surface area contributed by atoms with Crippen LogP contribution in [0.4, 0.5) is 5.82 Å². The van der Waals surface area contributed by atoms with Crippen molar-refractivity contribution in [2.75, 3.05) is 18.0 Å². The maximum Gasteiger partial charge on any atom is 0.128 e. The fourth-order valence-electron chi connectivity index (χ4n) is 2.60. The van der Waals surface area contributed by atoms with Crippen molar-refractivity contribution >= 4 is 5.82 Å². The van der Waals surface area contributed by atoms with E-state index >= 15 is 0 Å². The molecule has 0 amide bonds. The molecule has 1 saturated heterocycles. The topological polar surface area (TPSA) is 16.1 Å². The summed E-state index contributed by atoms with van der Waals surface area (Å²) in [5.41, 5.74) is 1.12. The summed E-state index contributed by atoms with van der Waals surface area (Å²) in [5, 5.41) is 0. The summed E-state index contributed by atoms with van der Waals surface area (Å²) in [6.45, 7) is 9.05. The Morgan fingerprint density at radius 1 is 1.44 bits per heavy atom. The van der Waals surface area contributed by atoms with E-state index in [9.17, 15) is 0 Å². The van der Waals surface area contributed by atoms with Crippen LogP contribution in [-0.2, 0) is 0 Å². The summed E-state index contributed by atoms with van der Waals surface area (Å²) >= 11 is 0. The van der Waals surface area contributed by atoms with Crippen LogP contribution in [0.1, 0.15) is 32.4 Å². The molecule has 1 aliphatic heterocycles. The molecule has 88 valence electrons. The summed E-state index contributed by atoms with van der Waals surface area (Å²) in [4.78, 5) is 7.03. The lowest BCUT2D eigenvalue weighted by Crippen LogP contribution is -2.21. The Labute approximate surface area is 98.7 Å². The van der Waals surface area contributed by atoms with E-state index in [0.717, 1.165) is 23.3 Å². The zero-order chi connectivity index (χ0) is 11.5. The first-order valence-corrected chi connectivity index (χ1v) is 6.33. The molecular weight excluding hydrogens is 196 g/mol. The molecule has 16 heavy (non-hydrogen) atoms. The van der Waals surface area contributed by atoms with E-state index in [4.69, 9.17) is 0 Å². The molecule has 2 heterocycles. The largest absolute Gasteiger partial charge is 0.356 e. The molecule has 1 aliphatic rings. The zero-order valence-corrected chi connectivity index (χ0v) is 10.6. The van der Waals surface area contributed by atoms with Gasteiger partial charge in [-0.25, -0.2) is 4.98 Å². The molecule has 1 unspecified atom stereocenters. The highest BCUT2D eigenvalue weighted by atomic mass is 15.2. The third-order valence-electron chi connectivity index (χ3n) is 3.29. The third kappa shape index (κ3) is 2.75. The minimum Gasteiger partial charge on any atom is -0.356 e. The van der Waals surface area contributed by atoms with Gasteiger partial charge in [0.25, 0.3) is 0 Å². The van der Waals surface area contributed by atoms with Crippen LogP contribution in [0, 0.1) is 18.8 Å². The quantitative estimate of drug-likeness (QED) is 0.774. The minimum atomic E-state index is 0.815. The van der Waals surface area contributed by atoms with Crippen molar-refractivity contribution in [1.82, 2.24) is 4.98 Å². The number of pyridine rings is 1. The van der Waals surface area contributed by atoms with Gasteiger partial charge in [0.15, 0.2) is 0 Å². The first-order valence-electron chi connectivity index (χ1n) is 6.33. The molecule has 1 atom stereocenters. The fourth-order valence-corrected chi connectivity index (χ4v) is 2.60. The number of aryl methyl sites for hydroxylation is 1. The van der Waals surface area contributed by atoms with E-state index < -0.39 is 0 Å². The van der Waals surface area contributed by atoms with Crippen molar-refractivity contribution < 1.29 is 0 Å². The lowest BCUT2D eigenvalue weighted by atomic mass is 9.97. The number of anilines is 1. The Morgan fingerprint density at radius 3 is 2.94 bits per heavy atom. The molecule has 2 heteroatoms. The molecule has 0 saturated carbocycles. The molecule has 1 fully saturated rings. The summed E-state index contributed by atoms with van der Waals surface area (Å²) < 4.78 is 0. The van der Waals surface area contributed by atoms with Crippen LogP contribution in [0.25, 0.3) is 0 Å². The van der Waals surface area contributed by atoms with Gasteiger partial charge in [-0.3, -0.25) is 0 Å². The maximum atomic E-state index is 4.59. The number of rotatable bonds is 3. The second-order valence-electron chi connectivity index (χ2n) is 5.37. The van der Waals surface area contributed by atoms with Gasteiger partial charge in [0, 0.05) is 18.8 Å². The maximum absolute atomic E-state index is 4.59. The van der Waals surface area contributed by atoms with Crippen LogP contribution in [0.5, 0.6) is 0 Å². The van der Waals surface area contributed by atoms with E-state index in [1.807, 2.05) is 0 Å². The van der Waals surface area contributed by atoms with Crippen molar-refractivity contribution in [1.29, 1.82) is 0 Å². The van der Waals surface area contributed by atoms with Crippen LogP contribution in [0.15, 0.2) is 18.2 Å². The Bertz CT molecular complexity index is 346. The highest BCUT2D eigenvalue weighted by Gasteiger charge is 2.23. The van der Waals surface area contributed by atoms with Gasteiger partial charge in [-0.1, -0.05) is 19.9 Å². The van der Waals surface area contributed by atoms with E-state index in [1.165, 1.54) is 25.9 Å². The molecular formula is C14H22N2. The van der Waals surface area contributed by atoms with Crippen molar-refractivity contribution in [2.24, 2.45) is 11.8 Å². The summed E-state index contributed by atoms with van der Waals surface area (Å²) in [6, 6.07) is 6.30. The molecule has 1 aromatic heterocycles. The molecule has 0 aliphatic carbocycles. The Balaban J connectivity index is 1.98. The average Bonchev–Trinajstić information content (AvgIpc) is 2.65. The Morgan fingerprint density at radius 2 is 2.25 bits per heavy atom. The minimum absolute atomic E-state index is 0.815. The molecule has 1 aromatic rings. The zero-order valence-electron chi connectivity index (χ0n) is 10.6. The van der Waals surface area contributed by atoms with Crippen LogP contribution in [-0.4, -0.2) is 18.1 Å². The molecule has 0 bridgehead atoms. The number of nitrogens with zero attached hydrogens (tertiary/aromatic N) is 2. The number of hydrogen-bond donors (Lipinski definition) is 0.